The van der Waals surface area contributed by atoms with Crippen molar-refractivity contribution in [3.8, 4) is 5.95 Å². The van der Waals surface area contributed by atoms with Gasteiger partial charge in [0.2, 0.25) is 0 Å². The number of nitrogens with one attached hydrogen (secondary N) is 2. The number of rotatable bonds is 5. The number of aryl methyl sites for hydroxylation is 1. The second-order valence-corrected chi connectivity index (χ2v) is 4.72. The highest BCUT2D eigenvalue weighted by Crippen LogP contribution is 2.22. The molecule has 2 aromatic rings. The van der Waals surface area contributed by atoms with Crippen molar-refractivity contribution in [2.24, 2.45) is 0 Å². The van der Waals surface area contributed by atoms with Gasteiger partial charge in [-0.25, -0.2) is 0 Å². The predicted octanol–water partition coefficient (Wildman–Crippen LogP) is 1.82. The number of hydrogen-bond acceptors (Lipinski definition) is 4. The van der Waals surface area contributed by atoms with Crippen LogP contribution in [0.5, 0.6) is 5.95 Å². The lowest BCUT2D eigenvalue weighted by atomic mass is 10.2. The van der Waals surface area contributed by atoms with Crippen molar-refractivity contribution in [2.75, 3.05) is 6.61 Å². The summed E-state index contributed by atoms with van der Waals surface area (Å²) in [6.07, 6.45) is 3.24. The second kappa shape index (κ2) is 5.40. The van der Waals surface area contributed by atoms with Gasteiger partial charge in [0.15, 0.2) is 5.76 Å². The van der Waals surface area contributed by atoms with Crippen molar-refractivity contribution in [1.29, 1.82) is 0 Å². The summed E-state index contributed by atoms with van der Waals surface area (Å²) in [5.41, 5.74) is 3.37. The number of hydrogen-bond donors (Lipinski definition) is 2. The molecule has 2 aromatic heterocycles. The first-order valence-electron chi connectivity index (χ1n) is 6.83. The number of H-pyrrole nitrogens is 1. The Morgan fingerprint density at radius 2 is 2.40 bits per heavy atom. The third kappa shape index (κ3) is 2.41. The maximum Gasteiger partial charge on any atom is 0.287 e. The number of furan rings is 1. The van der Waals surface area contributed by atoms with Gasteiger partial charge in [-0.3, -0.25) is 9.89 Å². The first-order chi connectivity index (χ1) is 9.78. The molecule has 20 heavy (non-hydrogen) atoms. The monoisotopic (exact) mass is 275 g/mol. The van der Waals surface area contributed by atoms with Crippen molar-refractivity contribution in [2.45, 2.75) is 32.7 Å². The number of fused-ring (bicyclic) bond motifs is 1. The minimum absolute atomic E-state index is 0.251. The Labute approximate surface area is 116 Å². The number of amides is 1. The van der Waals surface area contributed by atoms with Crippen LogP contribution in [0.2, 0.25) is 0 Å². The van der Waals surface area contributed by atoms with Crippen molar-refractivity contribution in [3.05, 3.63) is 34.8 Å². The van der Waals surface area contributed by atoms with Gasteiger partial charge in [0.25, 0.3) is 11.9 Å². The van der Waals surface area contributed by atoms with Crippen LogP contribution < -0.4 is 10.1 Å². The molecule has 6 nitrogen and oxygen atoms in total. The zero-order valence-electron chi connectivity index (χ0n) is 11.4. The molecule has 3 rings (SSSR count). The third-order valence-electron chi connectivity index (χ3n) is 3.40. The van der Waals surface area contributed by atoms with Crippen LogP contribution in [0, 0.1) is 0 Å². The fraction of sp³-hybridized carbons (Fsp3) is 0.429. The Kier molecular flexibility index (Phi) is 3.45. The SMILES string of the molecule is CCOc1ccc(C(=O)NCc2n[nH]c3c2CCC3)o1. The van der Waals surface area contributed by atoms with Crippen LogP contribution in [0.4, 0.5) is 0 Å². The molecule has 2 N–H and O–H groups in total. The molecule has 6 heteroatoms. The fourth-order valence-electron chi connectivity index (χ4n) is 2.45. The quantitative estimate of drug-likeness (QED) is 0.872. The van der Waals surface area contributed by atoms with Crippen molar-refractivity contribution in [3.63, 3.8) is 0 Å². The van der Waals surface area contributed by atoms with E-state index in [1.807, 2.05) is 6.92 Å². The molecule has 0 saturated heterocycles. The molecule has 2 heterocycles. The van der Waals surface area contributed by atoms with Crippen molar-refractivity contribution in [1.82, 2.24) is 15.5 Å². The van der Waals surface area contributed by atoms with E-state index < -0.39 is 0 Å². The number of aromatic nitrogens is 2. The maximum absolute atomic E-state index is 12.0. The predicted molar refractivity (Wildman–Crippen MR) is 71.7 cm³/mol. The lowest BCUT2D eigenvalue weighted by Gasteiger charge is -2.02. The molecule has 0 bridgehead atoms. The van der Waals surface area contributed by atoms with Crippen LogP contribution >= 0.6 is 0 Å². The van der Waals surface area contributed by atoms with Crippen molar-refractivity contribution >= 4 is 5.91 Å². The van der Waals surface area contributed by atoms with Crippen LogP contribution in [-0.2, 0) is 19.4 Å². The zero-order chi connectivity index (χ0) is 13.9. The Hall–Kier alpha value is -2.24. The molecule has 0 aromatic carbocycles. The molecule has 0 atom stereocenters. The number of carbonyl (C=O) groups excluding carboxylic acids is 1. The second-order valence-electron chi connectivity index (χ2n) is 4.72. The lowest BCUT2D eigenvalue weighted by Crippen LogP contribution is -2.23. The molecule has 1 aliphatic carbocycles. The van der Waals surface area contributed by atoms with Crippen LogP contribution in [0.3, 0.4) is 0 Å². The summed E-state index contributed by atoms with van der Waals surface area (Å²) in [4.78, 5) is 12.0. The van der Waals surface area contributed by atoms with E-state index in [2.05, 4.69) is 15.5 Å². The van der Waals surface area contributed by atoms with Gasteiger partial charge >= 0.3 is 0 Å². The van der Waals surface area contributed by atoms with Crippen LogP contribution in [-0.4, -0.2) is 22.7 Å². The molecule has 0 aliphatic heterocycles. The Balaban J connectivity index is 1.61. The van der Waals surface area contributed by atoms with Gasteiger partial charge < -0.3 is 14.5 Å². The molecular weight excluding hydrogens is 258 g/mol. The maximum atomic E-state index is 12.0. The van der Waals surface area contributed by atoms with Crippen LogP contribution in [0.25, 0.3) is 0 Å². The first kappa shape index (κ1) is 12.8. The smallest absolute Gasteiger partial charge is 0.287 e. The summed E-state index contributed by atoms with van der Waals surface area (Å²) in [6.45, 7) is 2.78. The Morgan fingerprint density at radius 1 is 1.50 bits per heavy atom. The summed E-state index contributed by atoms with van der Waals surface area (Å²) in [5, 5.41) is 10.1. The van der Waals surface area contributed by atoms with Gasteiger partial charge in [-0.15, -0.1) is 0 Å². The van der Waals surface area contributed by atoms with E-state index in [9.17, 15) is 4.79 Å². The normalized spacial score (nSPS) is 13.2. The van der Waals surface area contributed by atoms with Gasteiger partial charge in [0.05, 0.1) is 18.8 Å². The van der Waals surface area contributed by atoms with E-state index >= 15 is 0 Å². The molecule has 0 radical (unpaired) electrons. The highest BCUT2D eigenvalue weighted by molar-refractivity contribution is 5.91. The molecule has 0 fully saturated rings. The van der Waals surface area contributed by atoms with Gasteiger partial charge in [-0.2, -0.15) is 5.10 Å². The van der Waals surface area contributed by atoms with Gasteiger partial charge in [0, 0.05) is 11.8 Å². The van der Waals surface area contributed by atoms with E-state index in [1.165, 1.54) is 11.3 Å². The summed E-state index contributed by atoms with van der Waals surface area (Å²) in [6, 6.07) is 3.25. The van der Waals surface area contributed by atoms with E-state index in [4.69, 9.17) is 9.15 Å². The molecule has 1 aliphatic rings. The van der Waals surface area contributed by atoms with Crippen LogP contribution in [0.1, 0.15) is 40.9 Å². The van der Waals surface area contributed by atoms with E-state index in [0.29, 0.717) is 19.1 Å². The molecule has 0 spiro atoms. The molecule has 0 unspecified atom stereocenters. The number of carbonyl (C=O) groups is 1. The minimum Gasteiger partial charge on any atom is -0.465 e. The Bertz CT molecular complexity index is 615. The lowest BCUT2D eigenvalue weighted by molar-refractivity contribution is 0.0914. The topological polar surface area (TPSA) is 80.1 Å². The minimum atomic E-state index is -0.259. The van der Waals surface area contributed by atoms with Gasteiger partial charge in [-0.1, -0.05) is 0 Å². The molecule has 0 saturated carbocycles. The summed E-state index contributed by atoms with van der Waals surface area (Å²) in [7, 11) is 0. The number of aromatic amines is 1. The molecular formula is C14H17N3O3. The van der Waals surface area contributed by atoms with Crippen molar-refractivity contribution < 1.29 is 13.9 Å². The fourth-order valence-corrected chi connectivity index (χ4v) is 2.45. The van der Waals surface area contributed by atoms with E-state index in [0.717, 1.165) is 25.0 Å². The summed E-state index contributed by atoms with van der Waals surface area (Å²) >= 11 is 0. The van der Waals surface area contributed by atoms with Crippen LogP contribution in [0.15, 0.2) is 16.5 Å². The molecule has 1 amide bonds. The zero-order valence-corrected chi connectivity index (χ0v) is 11.4. The van der Waals surface area contributed by atoms with E-state index in [-0.39, 0.29) is 11.7 Å². The first-order valence-corrected chi connectivity index (χ1v) is 6.83. The number of nitrogens with zero attached hydrogens (tertiary/aromatic N) is 1. The summed E-state index contributed by atoms with van der Waals surface area (Å²) in [5.74, 6) is 0.352. The third-order valence-corrected chi connectivity index (χ3v) is 3.40. The molecule has 106 valence electrons. The van der Waals surface area contributed by atoms with E-state index in [1.54, 1.807) is 12.1 Å². The average molecular weight is 275 g/mol. The van der Waals surface area contributed by atoms with Gasteiger partial charge in [-0.05, 0) is 37.8 Å². The number of ether oxygens (including phenoxy) is 1. The average Bonchev–Trinajstić information content (AvgIpc) is 3.13. The largest absolute Gasteiger partial charge is 0.465 e. The Morgan fingerprint density at radius 3 is 3.25 bits per heavy atom. The summed E-state index contributed by atoms with van der Waals surface area (Å²) < 4.78 is 10.5. The highest BCUT2D eigenvalue weighted by atomic mass is 16.6. The van der Waals surface area contributed by atoms with Gasteiger partial charge in [0.1, 0.15) is 0 Å². The highest BCUT2D eigenvalue weighted by Gasteiger charge is 2.19. The standard InChI is InChI=1S/C14H17N3O3/c1-2-19-13-7-6-12(20-13)14(18)15-8-11-9-4-3-5-10(9)16-17-11/h6-7H,2-5,8H2,1H3,(H,15,18)(H,16,17).